The van der Waals surface area contributed by atoms with Crippen LogP contribution in [0.4, 0.5) is 0 Å². The van der Waals surface area contributed by atoms with E-state index in [9.17, 15) is 9.59 Å². The molecule has 2 amide bonds. The predicted molar refractivity (Wildman–Crippen MR) is 114 cm³/mol. The average molecular weight is 441 g/mol. The Morgan fingerprint density at radius 3 is 2.81 bits per heavy atom. The molecule has 0 aromatic carbocycles. The smallest absolute Gasteiger partial charge is 0.290 e. The highest BCUT2D eigenvalue weighted by Gasteiger charge is 2.33. The first-order valence-corrected chi connectivity index (χ1v) is 10.9. The number of aryl methyl sites for hydroxylation is 2. The zero-order valence-electron chi connectivity index (χ0n) is 17.5. The molecule has 4 heterocycles. The molecule has 4 rings (SSSR count). The molecule has 31 heavy (non-hydrogen) atoms. The number of nitrogens with zero attached hydrogens (tertiary/aromatic N) is 4. The lowest BCUT2D eigenvalue weighted by molar-refractivity contribution is -0.132. The van der Waals surface area contributed by atoms with Crippen LogP contribution in [0, 0.1) is 13.8 Å². The van der Waals surface area contributed by atoms with Gasteiger partial charge in [0.05, 0.1) is 41.9 Å². The second-order valence-electron chi connectivity index (χ2n) is 7.50. The van der Waals surface area contributed by atoms with Gasteiger partial charge in [-0.25, -0.2) is 4.98 Å². The minimum atomic E-state index is -0.368. The molecule has 0 radical (unpaired) electrons. The molecule has 1 aliphatic heterocycles. The Balaban J connectivity index is 1.53. The van der Waals surface area contributed by atoms with Crippen molar-refractivity contribution < 1.29 is 18.7 Å². The first-order valence-electron chi connectivity index (χ1n) is 10.0. The Bertz CT molecular complexity index is 1050. The summed E-state index contributed by atoms with van der Waals surface area (Å²) in [5.74, 6) is -0.208. The number of carbonyl (C=O) groups is 2. The summed E-state index contributed by atoms with van der Waals surface area (Å²) in [5, 5.41) is 2.90. The Morgan fingerprint density at radius 1 is 1.26 bits per heavy atom. The Hall–Kier alpha value is -3.04. The molecule has 1 fully saturated rings. The molecular weight excluding hydrogens is 416 g/mol. The van der Waals surface area contributed by atoms with Crippen molar-refractivity contribution in [1.82, 2.24) is 19.8 Å². The first-order chi connectivity index (χ1) is 15.0. The number of hydrogen-bond donors (Lipinski definition) is 0. The van der Waals surface area contributed by atoms with E-state index in [4.69, 9.17) is 9.15 Å². The Kier molecular flexibility index (Phi) is 6.43. The minimum Gasteiger partial charge on any atom is -0.459 e. The highest BCUT2D eigenvalue weighted by atomic mass is 32.1. The zero-order chi connectivity index (χ0) is 21.8. The van der Waals surface area contributed by atoms with Crippen molar-refractivity contribution in [3.63, 3.8) is 0 Å². The van der Waals surface area contributed by atoms with E-state index in [1.165, 1.54) is 11.2 Å². The van der Waals surface area contributed by atoms with Crippen LogP contribution in [-0.4, -0.2) is 57.3 Å². The molecule has 3 aromatic rings. The van der Waals surface area contributed by atoms with Gasteiger partial charge in [0.25, 0.3) is 5.91 Å². The van der Waals surface area contributed by atoms with Crippen molar-refractivity contribution in [1.29, 1.82) is 0 Å². The van der Waals surface area contributed by atoms with Gasteiger partial charge < -0.3 is 19.0 Å². The van der Waals surface area contributed by atoms with Gasteiger partial charge in [0, 0.05) is 30.2 Å². The van der Waals surface area contributed by atoms with E-state index in [1.54, 1.807) is 28.5 Å². The summed E-state index contributed by atoms with van der Waals surface area (Å²) in [4.78, 5) is 38.0. The number of aromatic nitrogens is 2. The van der Waals surface area contributed by atoms with Crippen LogP contribution in [0.5, 0.6) is 0 Å². The van der Waals surface area contributed by atoms with Gasteiger partial charge in [-0.3, -0.25) is 14.6 Å². The summed E-state index contributed by atoms with van der Waals surface area (Å²) in [6, 6.07) is 7.36. The fraction of sp³-hybridized carbons (Fsp3) is 0.364. The van der Waals surface area contributed by atoms with Crippen LogP contribution in [0.2, 0.25) is 0 Å². The van der Waals surface area contributed by atoms with Gasteiger partial charge in [-0.05, 0) is 32.0 Å². The van der Waals surface area contributed by atoms with Crippen LogP contribution >= 0.6 is 11.3 Å². The number of amides is 2. The quantitative estimate of drug-likeness (QED) is 0.586. The standard InChI is InChI=1S/C22H24N4O4S/c1-15-6-8-29-21(15)22(28)26-11-19(30-13-17-5-3-4-7-23-17)10-25(20(27)12-26)9-18-14-31-16(2)24-18/h3-8,14,19H,9-13H2,1-2H3. The molecule has 1 unspecified atom stereocenters. The van der Waals surface area contributed by atoms with E-state index >= 15 is 0 Å². The topological polar surface area (TPSA) is 88.8 Å². The summed E-state index contributed by atoms with van der Waals surface area (Å²) in [5.41, 5.74) is 2.36. The summed E-state index contributed by atoms with van der Waals surface area (Å²) in [7, 11) is 0. The summed E-state index contributed by atoms with van der Waals surface area (Å²) >= 11 is 1.55. The van der Waals surface area contributed by atoms with Gasteiger partial charge in [0.1, 0.15) is 6.54 Å². The third-order valence-electron chi connectivity index (χ3n) is 5.08. The van der Waals surface area contributed by atoms with Crippen LogP contribution in [-0.2, 0) is 22.7 Å². The van der Waals surface area contributed by atoms with E-state index in [-0.39, 0.29) is 36.8 Å². The molecule has 0 bridgehead atoms. The number of furan rings is 1. The second kappa shape index (κ2) is 9.40. The lowest BCUT2D eigenvalue weighted by Gasteiger charge is -2.24. The SMILES string of the molecule is Cc1nc(CN2CC(OCc3ccccn3)CN(C(=O)c3occc3C)CC2=O)cs1. The van der Waals surface area contributed by atoms with E-state index in [0.717, 1.165) is 22.0 Å². The molecule has 0 aliphatic carbocycles. The van der Waals surface area contributed by atoms with Crippen LogP contribution in [0.15, 0.2) is 46.5 Å². The van der Waals surface area contributed by atoms with E-state index in [0.29, 0.717) is 19.7 Å². The fourth-order valence-corrected chi connectivity index (χ4v) is 4.09. The molecule has 0 saturated carbocycles. The van der Waals surface area contributed by atoms with Crippen LogP contribution < -0.4 is 0 Å². The van der Waals surface area contributed by atoms with Gasteiger partial charge in [-0.1, -0.05) is 6.07 Å². The van der Waals surface area contributed by atoms with Crippen LogP contribution in [0.3, 0.4) is 0 Å². The Labute approximate surface area is 184 Å². The Morgan fingerprint density at radius 2 is 2.13 bits per heavy atom. The van der Waals surface area contributed by atoms with Crippen molar-refractivity contribution >= 4 is 23.2 Å². The molecule has 0 spiro atoms. The number of rotatable bonds is 6. The van der Waals surface area contributed by atoms with E-state index in [2.05, 4.69) is 9.97 Å². The summed E-state index contributed by atoms with van der Waals surface area (Å²) < 4.78 is 11.5. The second-order valence-corrected chi connectivity index (χ2v) is 8.57. The minimum absolute atomic E-state index is 0.0362. The molecule has 1 saturated heterocycles. The van der Waals surface area contributed by atoms with Crippen molar-refractivity contribution in [3.05, 3.63) is 69.8 Å². The highest BCUT2D eigenvalue weighted by molar-refractivity contribution is 7.09. The van der Waals surface area contributed by atoms with E-state index in [1.807, 2.05) is 37.4 Å². The maximum absolute atomic E-state index is 13.1. The average Bonchev–Trinajstić information content (AvgIpc) is 3.34. The number of hydrogen-bond acceptors (Lipinski definition) is 7. The lowest BCUT2D eigenvalue weighted by atomic mass is 10.2. The normalized spacial score (nSPS) is 17.1. The van der Waals surface area contributed by atoms with Crippen LogP contribution in [0.1, 0.15) is 32.5 Å². The summed E-state index contributed by atoms with van der Waals surface area (Å²) in [6.45, 7) is 5.03. The van der Waals surface area contributed by atoms with Crippen molar-refractivity contribution in [2.75, 3.05) is 19.6 Å². The van der Waals surface area contributed by atoms with Crippen molar-refractivity contribution in [2.45, 2.75) is 33.1 Å². The number of carbonyl (C=O) groups excluding carboxylic acids is 2. The first kappa shape index (κ1) is 21.2. The molecule has 8 nitrogen and oxygen atoms in total. The third-order valence-corrected chi connectivity index (χ3v) is 5.91. The lowest BCUT2D eigenvalue weighted by Crippen LogP contribution is -2.39. The van der Waals surface area contributed by atoms with Crippen molar-refractivity contribution in [2.24, 2.45) is 0 Å². The molecule has 0 N–H and O–H groups in total. The third kappa shape index (κ3) is 5.18. The van der Waals surface area contributed by atoms with Crippen LogP contribution in [0.25, 0.3) is 0 Å². The van der Waals surface area contributed by atoms with Gasteiger partial charge in [-0.2, -0.15) is 0 Å². The van der Waals surface area contributed by atoms with Gasteiger partial charge in [-0.15, -0.1) is 11.3 Å². The molecule has 9 heteroatoms. The fourth-order valence-electron chi connectivity index (χ4n) is 3.49. The highest BCUT2D eigenvalue weighted by Crippen LogP contribution is 2.18. The van der Waals surface area contributed by atoms with Gasteiger partial charge in [0.15, 0.2) is 5.76 Å². The van der Waals surface area contributed by atoms with Gasteiger partial charge in [0.2, 0.25) is 5.91 Å². The maximum Gasteiger partial charge on any atom is 0.290 e. The number of pyridine rings is 1. The maximum atomic E-state index is 13.1. The zero-order valence-corrected chi connectivity index (χ0v) is 18.3. The largest absolute Gasteiger partial charge is 0.459 e. The number of thiazole rings is 1. The molecular formula is C22H24N4O4S. The van der Waals surface area contributed by atoms with Crippen molar-refractivity contribution in [3.8, 4) is 0 Å². The summed E-state index contributed by atoms with van der Waals surface area (Å²) in [6.07, 6.45) is 2.82. The number of ether oxygens (including phenoxy) is 1. The predicted octanol–water partition coefficient (Wildman–Crippen LogP) is 2.82. The molecule has 1 aliphatic rings. The molecule has 162 valence electrons. The van der Waals surface area contributed by atoms with Gasteiger partial charge >= 0.3 is 0 Å². The molecule has 1 atom stereocenters. The monoisotopic (exact) mass is 440 g/mol. The van der Waals surface area contributed by atoms with E-state index < -0.39 is 0 Å². The molecule has 3 aromatic heterocycles.